The largest absolute Gasteiger partial charge is 0.0654 e. The van der Waals surface area contributed by atoms with Gasteiger partial charge in [-0.05, 0) is 78.3 Å². The molecule has 2 rings (SSSR count). The molecule has 0 N–H and O–H groups in total. The van der Waals surface area contributed by atoms with Crippen molar-refractivity contribution < 1.29 is 0 Å². The summed E-state index contributed by atoms with van der Waals surface area (Å²) in [7, 11) is 0. The predicted octanol–water partition coefficient (Wildman–Crippen LogP) is 9.99. The van der Waals surface area contributed by atoms with Gasteiger partial charge in [-0.2, -0.15) is 0 Å². The smallest absolute Gasteiger partial charge is 0.00130 e. The molecule has 0 atom stereocenters. The molecule has 2 aromatic carbocycles. The number of benzene rings is 2. The Kier molecular flexibility index (Phi) is 10.7. The fourth-order valence-corrected chi connectivity index (χ4v) is 4.96. The quantitative estimate of drug-likeness (QED) is 0.253. The van der Waals surface area contributed by atoms with E-state index in [1.54, 1.807) is 0 Å². The summed E-state index contributed by atoms with van der Waals surface area (Å²) in [5.41, 5.74) is 8.41. The van der Waals surface area contributed by atoms with Gasteiger partial charge in [0.05, 0.1) is 0 Å². The molecule has 0 heterocycles. The van der Waals surface area contributed by atoms with E-state index < -0.39 is 0 Å². The molecule has 0 aromatic heterocycles. The van der Waals surface area contributed by atoms with Crippen molar-refractivity contribution in [1.29, 1.82) is 0 Å². The van der Waals surface area contributed by atoms with Gasteiger partial charge in [0.2, 0.25) is 0 Å². The zero-order valence-electron chi connectivity index (χ0n) is 23.1. The Labute approximate surface area is 206 Å². The van der Waals surface area contributed by atoms with Crippen LogP contribution in [0, 0.1) is 26.0 Å². The third-order valence-corrected chi connectivity index (χ3v) is 7.29. The second-order valence-corrected chi connectivity index (χ2v) is 11.8. The Balaban J connectivity index is 2.20. The summed E-state index contributed by atoms with van der Waals surface area (Å²) in [6.45, 7) is 18.6. The number of hydrogen-bond donors (Lipinski definition) is 0. The Bertz CT molecular complexity index is 781. The second kappa shape index (κ2) is 12.8. The molecule has 0 heteroatoms. The van der Waals surface area contributed by atoms with E-state index in [1.165, 1.54) is 97.6 Å². The van der Waals surface area contributed by atoms with E-state index in [0.717, 1.165) is 6.42 Å². The average Bonchev–Trinajstić information content (AvgIpc) is 2.73. The van der Waals surface area contributed by atoms with E-state index in [0.29, 0.717) is 0 Å². The van der Waals surface area contributed by atoms with Gasteiger partial charge in [0.1, 0.15) is 0 Å². The minimum atomic E-state index is 0.177. The van der Waals surface area contributed by atoms with Crippen molar-refractivity contribution in [1.82, 2.24) is 0 Å². The maximum absolute atomic E-state index is 3.82. The van der Waals surface area contributed by atoms with Crippen LogP contribution in [0.15, 0.2) is 24.3 Å². The molecule has 0 spiro atoms. The molecular weight excluding hydrogens is 396 g/mol. The van der Waals surface area contributed by atoms with E-state index in [9.17, 15) is 0 Å². The topological polar surface area (TPSA) is 0 Å². The molecule has 0 bridgehead atoms. The van der Waals surface area contributed by atoms with Gasteiger partial charge in [0.15, 0.2) is 0 Å². The summed E-state index contributed by atoms with van der Waals surface area (Å²) in [5.74, 6) is 0. The van der Waals surface area contributed by atoms with Crippen molar-refractivity contribution >= 4 is 0 Å². The monoisotopic (exact) mass is 446 g/mol. The first kappa shape index (κ1) is 27.7. The molecule has 0 fully saturated rings. The highest BCUT2D eigenvalue weighted by Gasteiger charge is 2.23. The lowest BCUT2D eigenvalue weighted by molar-refractivity contribution is 0.444. The lowest BCUT2D eigenvalue weighted by atomic mass is 9.77. The number of hydrogen-bond acceptors (Lipinski definition) is 0. The van der Waals surface area contributed by atoms with Crippen LogP contribution in [0.5, 0.6) is 0 Å². The number of unbranched alkanes of at least 4 members (excludes halogenated alkanes) is 6. The minimum absolute atomic E-state index is 0.177. The SMILES string of the molecule is CCCCCCC(C)(C)c1[c]c(Cc2[c]c(C(C)(C)CCCCCC)cc(C)c2)cc(C)c1. The molecular formula is C33H50. The minimum Gasteiger partial charge on any atom is -0.0654 e. The Morgan fingerprint density at radius 2 is 0.970 bits per heavy atom. The lowest BCUT2D eigenvalue weighted by Crippen LogP contribution is -2.18. The van der Waals surface area contributed by atoms with Crippen molar-refractivity contribution in [2.75, 3.05) is 0 Å². The molecule has 2 aromatic rings. The summed E-state index contributed by atoms with van der Waals surface area (Å²) < 4.78 is 0. The molecule has 0 nitrogen and oxygen atoms in total. The third kappa shape index (κ3) is 8.95. The van der Waals surface area contributed by atoms with Crippen LogP contribution in [0.2, 0.25) is 0 Å². The highest BCUT2D eigenvalue weighted by atomic mass is 14.3. The Morgan fingerprint density at radius 1 is 0.576 bits per heavy atom. The van der Waals surface area contributed by atoms with Crippen molar-refractivity contribution in [3.8, 4) is 0 Å². The van der Waals surface area contributed by atoms with Gasteiger partial charge in [0, 0.05) is 0 Å². The van der Waals surface area contributed by atoms with E-state index >= 15 is 0 Å². The van der Waals surface area contributed by atoms with Crippen LogP contribution in [-0.4, -0.2) is 0 Å². The molecule has 182 valence electrons. The number of rotatable bonds is 14. The maximum atomic E-state index is 3.82. The van der Waals surface area contributed by atoms with Crippen molar-refractivity contribution in [2.24, 2.45) is 0 Å². The molecule has 0 aliphatic rings. The number of aryl methyl sites for hydroxylation is 2. The van der Waals surface area contributed by atoms with Crippen LogP contribution in [0.4, 0.5) is 0 Å². The van der Waals surface area contributed by atoms with Crippen molar-refractivity contribution in [3.05, 3.63) is 69.8 Å². The van der Waals surface area contributed by atoms with Crippen LogP contribution >= 0.6 is 0 Å². The van der Waals surface area contributed by atoms with E-state index in [4.69, 9.17) is 0 Å². The van der Waals surface area contributed by atoms with Crippen molar-refractivity contribution in [2.45, 2.75) is 137 Å². The summed E-state index contributed by atoms with van der Waals surface area (Å²) in [4.78, 5) is 0. The van der Waals surface area contributed by atoms with Crippen LogP contribution in [0.3, 0.4) is 0 Å². The van der Waals surface area contributed by atoms with Gasteiger partial charge >= 0.3 is 0 Å². The van der Waals surface area contributed by atoms with Crippen LogP contribution in [0.1, 0.15) is 139 Å². The van der Waals surface area contributed by atoms with Gasteiger partial charge in [-0.25, -0.2) is 0 Å². The summed E-state index contributed by atoms with van der Waals surface area (Å²) in [6, 6.07) is 17.0. The van der Waals surface area contributed by atoms with Crippen molar-refractivity contribution in [3.63, 3.8) is 0 Å². The predicted molar refractivity (Wildman–Crippen MR) is 146 cm³/mol. The zero-order chi connectivity index (χ0) is 24.5. The molecule has 0 amide bonds. The van der Waals surface area contributed by atoms with Gasteiger partial charge in [-0.1, -0.05) is 128 Å². The first-order valence-electron chi connectivity index (χ1n) is 13.6. The maximum Gasteiger partial charge on any atom is -0.00130 e. The highest BCUT2D eigenvalue weighted by Crippen LogP contribution is 2.33. The van der Waals surface area contributed by atoms with Crippen LogP contribution in [-0.2, 0) is 17.3 Å². The summed E-state index contributed by atoms with van der Waals surface area (Å²) in [5, 5.41) is 0. The molecule has 33 heavy (non-hydrogen) atoms. The summed E-state index contributed by atoms with van der Waals surface area (Å²) in [6.07, 6.45) is 14.0. The van der Waals surface area contributed by atoms with Crippen LogP contribution < -0.4 is 0 Å². The Morgan fingerprint density at radius 3 is 1.33 bits per heavy atom. The molecule has 0 aliphatic heterocycles. The first-order valence-corrected chi connectivity index (χ1v) is 13.6. The third-order valence-electron chi connectivity index (χ3n) is 7.29. The second-order valence-electron chi connectivity index (χ2n) is 11.8. The lowest BCUT2D eigenvalue weighted by Gasteiger charge is -2.27. The van der Waals surface area contributed by atoms with E-state index in [2.05, 4.69) is 91.8 Å². The molecule has 0 saturated heterocycles. The van der Waals surface area contributed by atoms with E-state index in [1.807, 2.05) is 0 Å². The zero-order valence-corrected chi connectivity index (χ0v) is 23.1. The molecule has 2 radical (unpaired) electrons. The van der Waals surface area contributed by atoms with E-state index in [-0.39, 0.29) is 10.8 Å². The average molecular weight is 447 g/mol. The first-order chi connectivity index (χ1) is 15.6. The molecule has 0 saturated carbocycles. The fourth-order valence-electron chi connectivity index (χ4n) is 4.96. The van der Waals surface area contributed by atoms with Crippen LogP contribution in [0.25, 0.3) is 0 Å². The van der Waals surface area contributed by atoms with Gasteiger partial charge in [-0.3, -0.25) is 0 Å². The Hall–Kier alpha value is -1.56. The van der Waals surface area contributed by atoms with Gasteiger partial charge < -0.3 is 0 Å². The van der Waals surface area contributed by atoms with Gasteiger partial charge in [0.25, 0.3) is 0 Å². The highest BCUT2D eigenvalue weighted by molar-refractivity contribution is 5.38. The standard InChI is InChI=1S/C33H50/c1-9-11-13-15-17-32(5,6)30-21-26(3)19-28(24-30)23-29-20-27(4)22-31(25-29)33(7,8)18-16-14-12-10-2/h19-22H,9-18,23H2,1-8H3. The molecule has 0 unspecified atom stereocenters. The summed E-state index contributed by atoms with van der Waals surface area (Å²) >= 11 is 0. The molecule has 0 aliphatic carbocycles. The van der Waals surface area contributed by atoms with Gasteiger partial charge in [-0.15, -0.1) is 0 Å². The fraction of sp³-hybridized carbons (Fsp3) is 0.636. The normalized spacial score (nSPS) is 12.4.